The summed E-state index contributed by atoms with van der Waals surface area (Å²) in [7, 11) is 1.57. The molecule has 20 heavy (non-hydrogen) atoms. The summed E-state index contributed by atoms with van der Waals surface area (Å²) >= 11 is 0. The number of hydrogen-bond acceptors (Lipinski definition) is 5. The Morgan fingerprint density at radius 2 is 2.05 bits per heavy atom. The van der Waals surface area contributed by atoms with E-state index in [9.17, 15) is 9.59 Å². The molecule has 1 saturated heterocycles. The Morgan fingerprint density at radius 3 is 2.65 bits per heavy atom. The predicted octanol–water partition coefficient (Wildman–Crippen LogP) is -1.07. The molecule has 1 aliphatic rings. The molecule has 0 aromatic carbocycles. The standard InChI is InChI=1S/C13H25N3O4/c1-12(17)16(7-8-19-2)11-13(18)14-3-4-15-5-9-20-10-6-15/h3-11H2,1-2H3,(H,14,18). The molecule has 0 atom stereocenters. The van der Waals surface area contributed by atoms with Gasteiger partial charge in [-0.2, -0.15) is 0 Å². The van der Waals surface area contributed by atoms with Crippen molar-refractivity contribution in [2.75, 3.05) is 66.2 Å². The molecule has 116 valence electrons. The molecule has 1 heterocycles. The number of nitrogens with zero attached hydrogens (tertiary/aromatic N) is 2. The normalized spacial score (nSPS) is 15.9. The molecule has 2 amide bonds. The Labute approximate surface area is 120 Å². The largest absolute Gasteiger partial charge is 0.383 e. The molecule has 1 N–H and O–H groups in total. The van der Waals surface area contributed by atoms with E-state index in [0.717, 1.165) is 32.8 Å². The molecular weight excluding hydrogens is 262 g/mol. The first-order valence-electron chi connectivity index (χ1n) is 6.94. The Kier molecular flexibility index (Phi) is 8.17. The molecule has 1 aliphatic heterocycles. The summed E-state index contributed by atoms with van der Waals surface area (Å²) in [5.41, 5.74) is 0. The van der Waals surface area contributed by atoms with E-state index in [1.54, 1.807) is 7.11 Å². The van der Waals surface area contributed by atoms with Gasteiger partial charge in [0, 0.05) is 46.8 Å². The van der Waals surface area contributed by atoms with Crippen LogP contribution in [0.15, 0.2) is 0 Å². The number of rotatable bonds is 8. The van der Waals surface area contributed by atoms with Gasteiger partial charge in [0.2, 0.25) is 11.8 Å². The van der Waals surface area contributed by atoms with Gasteiger partial charge in [0.1, 0.15) is 0 Å². The van der Waals surface area contributed by atoms with Gasteiger partial charge in [-0.1, -0.05) is 0 Å². The minimum atomic E-state index is -0.135. The molecule has 1 fully saturated rings. The van der Waals surface area contributed by atoms with E-state index in [1.807, 2.05) is 0 Å². The molecule has 0 bridgehead atoms. The third-order valence-electron chi connectivity index (χ3n) is 3.20. The topological polar surface area (TPSA) is 71.1 Å². The number of nitrogens with one attached hydrogen (secondary N) is 1. The number of amides is 2. The molecule has 1 rings (SSSR count). The minimum Gasteiger partial charge on any atom is -0.383 e. The Balaban J connectivity index is 2.18. The maximum absolute atomic E-state index is 11.8. The lowest BCUT2D eigenvalue weighted by atomic mass is 10.4. The van der Waals surface area contributed by atoms with E-state index in [4.69, 9.17) is 9.47 Å². The second kappa shape index (κ2) is 9.68. The maximum Gasteiger partial charge on any atom is 0.239 e. The summed E-state index contributed by atoms with van der Waals surface area (Å²) in [5.74, 6) is -0.255. The fourth-order valence-electron chi connectivity index (χ4n) is 1.96. The number of morpholine rings is 1. The van der Waals surface area contributed by atoms with E-state index in [2.05, 4.69) is 10.2 Å². The second-order valence-electron chi connectivity index (χ2n) is 4.74. The van der Waals surface area contributed by atoms with Crippen LogP contribution in [0.2, 0.25) is 0 Å². The number of methoxy groups -OCH3 is 1. The first kappa shape index (κ1) is 16.9. The number of hydrogen-bond donors (Lipinski definition) is 1. The number of carbonyl (C=O) groups excluding carboxylic acids is 2. The fourth-order valence-corrected chi connectivity index (χ4v) is 1.96. The van der Waals surface area contributed by atoms with E-state index in [1.165, 1.54) is 11.8 Å². The van der Waals surface area contributed by atoms with Crippen LogP contribution in [0.5, 0.6) is 0 Å². The molecule has 7 nitrogen and oxygen atoms in total. The summed E-state index contributed by atoms with van der Waals surface area (Å²) in [6.45, 7) is 7.13. The highest BCUT2D eigenvalue weighted by Gasteiger charge is 2.14. The summed E-state index contributed by atoms with van der Waals surface area (Å²) in [6, 6.07) is 0. The van der Waals surface area contributed by atoms with Gasteiger partial charge in [-0.15, -0.1) is 0 Å². The first-order chi connectivity index (χ1) is 9.63. The molecule has 0 aliphatic carbocycles. The van der Waals surface area contributed by atoms with Crippen LogP contribution in [-0.4, -0.2) is 87.8 Å². The van der Waals surface area contributed by atoms with Gasteiger partial charge in [-0.05, 0) is 0 Å². The van der Waals surface area contributed by atoms with Gasteiger partial charge in [0.05, 0.1) is 26.4 Å². The van der Waals surface area contributed by atoms with Gasteiger partial charge >= 0.3 is 0 Å². The van der Waals surface area contributed by atoms with Crippen molar-refractivity contribution in [3.05, 3.63) is 0 Å². The lowest BCUT2D eigenvalue weighted by Crippen LogP contribution is -2.45. The molecule has 0 saturated carbocycles. The van der Waals surface area contributed by atoms with Gasteiger partial charge in [0.25, 0.3) is 0 Å². The summed E-state index contributed by atoms with van der Waals surface area (Å²) in [4.78, 5) is 26.9. The highest BCUT2D eigenvalue weighted by Crippen LogP contribution is 1.95. The van der Waals surface area contributed by atoms with Crippen LogP contribution in [0, 0.1) is 0 Å². The number of ether oxygens (including phenoxy) is 2. The highest BCUT2D eigenvalue weighted by molar-refractivity contribution is 5.83. The van der Waals surface area contributed by atoms with E-state index in [0.29, 0.717) is 19.7 Å². The molecule has 0 aromatic heterocycles. The maximum atomic E-state index is 11.8. The zero-order chi connectivity index (χ0) is 14.8. The van der Waals surface area contributed by atoms with Crippen molar-refractivity contribution in [3.63, 3.8) is 0 Å². The Morgan fingerprint density at radius 1 is 1.35 bits per heavy atom. The predicted molar refractivity (Wildman–Crippen MR) is 74.4 cm³/mol. The average molecular weight is 287 g/mol. The average Bonchev–Trinajstić information content (AvgIpc) is 2.44. The van der Waals surface area contributed by atoms with Crippen molar-refractivity contribution in [2.24, 2.45) is 0 Å². The van der Waals surface area contributed by atoms with Crippen molar-refractivity contribution in [1.82, 2.24) is 15.1 Å². The summed E-state index contributed by atoms with van der Waals surface area (Å²) < 4.78 is 10.2. The van der Waals surface area contributed by atoms with Gasteiger partial charge in [0.15, 0.2) is 0 Å². The highest BCUT2D eigenvalue weighted by atomic mass is 16.5. The van der Waals surface area contributed by atoms with Crippen molar-refractivity contribution in [3.8, 4) is 0 Å². The van der Waals surface area contributed by atoms with Crippen LogP contribution in [0.1, 0.15) is 6.92 Å². The van der Waals surface area contributed by atoms with Crippen LogP contribution in [0.4, 0.5) is 0 Å². The van der Waals surface area contributed by atoms with Gasteiger partial charge in [-0.3, -0.25) is 14.5 Å². The molecular formula is C13H25N3O4. The summed E-state index contributed by atoms with van der Waals surface area (Å²) in [6.07, 6.45) is 0. The van der Waals surface area contributed by atoms with Crippen molar-refractivity contribution < 1.29 is 19.1 Å². The van der Waals surface area contributed by atoms with E-state index in [-0.39, 0.29) is 18.4 Å². The fraction of sp³-hybridized carbons (Fsp3) is 0.846. The zero-order valence-corrected chi connectivity index (χ0v) is 12.4. The second-order valence-corrected chi connectivity index (χ2v) is 4.74. The van der Waals surface area contributed by atoms with Crippen LogP contribution >= 0.6 is 0 Å². The molecule has 0 radical (unpaired) electrons. The molecule has 0 aromatic rings. The molecule has 0 unspecified atom stereocenters. The quantitative estimate of drug-likeness (QED) is 0.615. The van der Waals surface area contributed by atoms with Gasteiger partial charge < -0.3 is 19.7 Å². The van der Waals surface area contributed by atoms with Crippen LogP contribution < -0.4 is 5.32 Å². The van der Waals surface area contributed by atoms with Crippen LogP contribution in [-0.2, 0) is 19.1 Å². The third-order valence-corrected chi connectivity index (χ3v) is 3.20. The minimum absolute atomic E-state index is 0.0851. The Hall–Kier alpha value is -1.18. The monoisotopic (exact) mass is 287 g/mol. The SMILES string of the molecule is COCCN(CC(=O)NCCN1CCOCC1)C(C)=O. The van der Waals surface area contributed by atoms with E-state index < -0.39 is 0 Å². The molecule has 0 spiro atoms. The van der Waals surface area contributed by atoms with Crippen molar-refractivity contribution in [1.29, 1.82) is 0 Å². The van der Waals surface area contributed by atoms with Crippen molar-refractivity contribution in [2.45, 2.75) is 6.92 Å². The lowest BCUT2D eigenvalue weighted by Gasteiger charge is -2.26. The zero-order valence-electron chi connectivity index (χ0n) is 12.4. The Bertz CT molecular complexity index is 306. The molecule has 7 heteroatoms. The van der Waals surface area contributed by atoms with Crippen molar-refractivity contribution >= 4 is 11.8 Å². The van der Waals surface area contributed by atoms with Crippen LogP contribution in [0.3, 0.4) is 0 Å². The third kappa shape index (κ3) is 6.83. The lowest BCUT2D eigenvalue weighted by molar-refractivity contribution is -0.134. The smallest absolute Gasteiger partial charge is 0.239 e. The van der Waals surface area contributed by atoms with Crippen LogP contribution in [0.25, 0.3) is 0 Å². The first-order valence-corrected chi connectivity index (χ1v) is 6.94. The summed E-state index contributed by atoms with van der Waals surface area (Å²) in [5, 5.41) is 2.84. The van der Waals surface area contributed by atoms with Gasteiger partial charge in [-0.25, -0.2) is 0 Å². The number of carbonyl (C=O) groups is 2. The van der Waals surface area contributed by atoms with E-state index >= 15 is 0 Å².